The second-order valence-corrected chi connectivity index (χ2v) is 6.94. The predicted molar refractivity (Wildman–Crippen MR) is 88.0 cm³/mol. The highest BCUT2D eigenvalue weighted by Gasteiger charge is 2.25. The van der Waals surface area contributed by atoms with Crippen molar-refractivity contribution in [3.63, 3.8) is 0 Å². The van der Waals surface area contributed by atoms with Gasteiger partial charge in [0.1, 0.15) is 5.75 Å². The number of hydrogen-bond acceptors (Lipinski definition) is 2. The lowest BCUT2D eigenvalue weighted by atomic mass is 9.78. The molecule has 1 aromatic carbocycles. The Hall–Kier alpha value is -0.540. The van der Waals surface area contributed by atoms with Crippen LogP contribution in [0.1, 0.15) is 57.6 Å². The molecule has 1 fully saturated rings. The van der Waals surface area contributed by atoms with Gasteiger partial charge >= 0.3 is 0 Å². The molecule has 0 heterocycles. The van der Waals surface area contributed by atoms with Crippen LogP contribution >= 0.6 is 15.9 Å². The van der Waals surface area contributed by atoms with Crippen LogP contribution in [0.15, 0.2) is 22.7 Å². The van der Waals surface area contributed by atoms with E-state index >= 15 is 0 Å². The molecule has 112 valence electrons. The molecule has 2 nitrogen and oxygen atoms in total. The average Bonchev–Trinajstić information content (AvgIpc) is 2.46. The van der Waals surface area contributed by atoms with Crippen LogP contribution < -0.4 is 10.5 Å². The van der Waals surface area contributed by atoms with E-state index in [1.54, 1.807) is 0 Å². The second kappa shape index (κ2) is 7.46. The van der Waals surface area contributed by atoms with Crippen LogP contribution in [-0.2, 0) is 0 Å². The van der Waals surface area contributed by atoms with Gasteiger partial charge in [-0.25, -0.2) is 0 Å². The zero-order valence-corrected chi connectivity index (χ0v) is 14.2. The third-order valence-electron chi connectivity index (χ3n) is 4.37. The standard InChI is InChI=1S/C17H26BrNO/c1-3-10-20-16-9-8-14(11-15(16)18)17(19)13-6-4-12(2)5-7-13/h8-9,11-13,17H,3-7,10,19H2,1-2H3. The minimum absolute atomic E-state index is 0.152. The predicted octanol–water partition coefficient (Wildman–Crippen LogP) is 5.06. The summed E-state index contributed by atoms with van der Waals surface area (Å²) in [4.78, 5) is 0. The Kier molecular flexibility index (Phi) is 5.91. The SMILES string of the molecule is CCCOc1ccc(C(N)C2CCC(C)CC2)cc1Br. The Labute approximate surface area is 131 Å². The molecule has 3 heteroatoms. The Morgan fingerprint density at radius 3 is 2.60 bits per heavy atom. The maximum atomic E-state index is 6.47. The van der Waals surface area contributed by atoms with Gasteiger partial charge in [0.25, 0.3) is 0 Å². The highest BCUT2D eigenvalue weighted by atomic mass is 79.9. The van der Waals surface area contributed by atoms with Crippen molar-refractivity contribution in [3.8, 4) is 5.75 Å². The van der Waals surface area contributed by atoms with Crippen LogP contribution in [0.5, 0.6) is 5.75 Å². The highest BCUT2D eigenvalue weighted by Crippen LogP contribution is 2.37. The molecule has 2 rings (SSSR count). The molecule has 0 saturated heterocycles. The minimum Gasteiger partial charge on any atom is -0.492 e. The summed E-state index contributed by atoms with van der Waals surface area (Å²) in [6.45, 7) is 5.21. The van der Waals surface area contributed by atoms with Gasteiger partial charge in [-0.1, -0.05) is 32.8 Å². The van der Waals surface area contributed by atoms with Crippen LogP contribution in [0.2, 0.25) is 0 Å². The first-order valence-electron chi connectivity index (χ1n) is 7.79. The lowest BCUT2D eigenvalue weighted by Crippen LogP contribution is -2.25. The number of benzene rings is 1. The van der Waals surface area contributed by atoms with Gasteiger partial charge < -0.3 is 10.5 Å². The molecule has 1 aliphatic rings. The first-order valence-corrected chi connectivity index (χ1v) is 8.59. The van der Waals surface area contributed by atoms with Crippen molar-refractivity contribution < 1.29 is 4.74 Å². The third kappa shape index (κ3) is 3.98. The largest absolute Gasteiger partial charge is 0.492 e. The van der Waals surface area contributed by atoms with Gasteiger partial charge in [0, 0.05) is 6.04 Å². The summed E-state index contributed by atoms with van der Waals surface area (Å²) in [7, 11) is 0. The first-order chi connectivity index (χ1) is 9.61. The van der Waals surface area contributed by atoms with Crippen LogP contribution in [0, 0.1) is 11.8 Å². The summed E-state index contributed by atoms with van der Waals surface area (Å²) in [5, 5.41) is 0. The normalized spacial score (nSPS) is 24.4. The topological polar surface area (TPSA) is 35.2 Å². The summed E-state index contributed by atoms with van der Waals surface area (Å²) in [6, 6.07) is 6.45. The fraction of sp³-hybridized carbons (Fsp3) is 0.647. The van der Waals surface area contributed by atoms with Gasteiger partial charge in [-0.15, -0.1) is 0 Å². The van der Waals surface area contributed by atoms with Crippen molar-refractivity contribution >= 4 is 15.9 Å². The molecular weight excluding hydrogens is 314 g/mol. The first kappa shape index (κ1) is 15.8. The molecule has 2 N–H and O–H groups in total. The molecule has 1 aliphatic carbocycles. The summed E-state index contributed by atoms with van der Waals surface area (Å²) in [5.74, 6) is 2.41. The Morgan fingerprint density at radius 2 is 2.00 bits per heavy atom. The van der Waals surface area contributed by atoms with Crippen molar-refractivity contribution in [2.24, 2.45) is 17.6 Å². The minimum atomic E-state index is 0.152. The maximum Gasteiger partial charge on any atom is 0.133 e. The van der Waals surface area contributed by atoms with E-state index in [2.05, 4.69) is 41.9 Å². The molecule has 1 unspecified atom stereocenters. The molecule has 0 aromatic heterocycles. The molecule has 0 radical (unpaired) electrons. The fourth-order valence-corrected chi connectivity index (χ4v) is 3.48. The van der Waals surface area contributed by atoms with Crippen LogP contribution in [0.25, 0.3) is 0 Å². The second-order valence-electron chi connectivity index (χ2n) is 6.08. The third-order valence-corrected chi connectivity index (χ3v) is 4.99. The van der Waals surface area contributed by atoms with Gasteiger partial charge in [-0.2, -0.15) is 0 Å². The zero-order valence-electron chi connectivity index (χ0n) is 12.6. The number of nitrogens with two attached hydrogens (primary N) is 1. The van der Waals surface area contributed by atoms with Crippen molar-refractivity contribution in [1.82, 2.24) is 0 Å². The average molecular weight is 340 g/mol. The van der Waals surface area contributed by atoms with E-state index in [-0.39, 0.29) is 6.04 Å². The molecule has 0 aliphatic heterocycles. The molecule has 0 amide bonds. The van der Waals surface area contributed by atoms with Gasteiger partial charge in [0.2, 0.25) is 0 Å². The van der Waals surface area contributed by atoms with Gasteiger partial charge in [0.15, 0.2) is 0 Å². The van der Waals surface area contributed by atoms with E-state index in [1.165, 1.54) is 31.2 Å². The highest BCUT2D eigenvalue weighted by molar-refractivity contribution is 9.10. The van der Waals surface area contributed by atoms with Crippen molar-refractivity contribution in [2.45, 2.75) is 52.0 Å². The van der Waals surface area contributed by atoms with E-state index in [0.717, 1.165) is 29.2 Å². The monoisotopic (exact) mass is 339 g/mol. The molecule has 1 saturated carbocycles. The molecule has 0 spiro atoms. The van der Waals surface area contributed by atoms with E-state index in [9.17, 15) is 0 Å². The van der Waals surface area contributed by atoms with Gasteiger partial charge in [0.05, 0.1) is 11.1 Å². The number of rotatable bonds is 5. The Morgan fingerprint density at radius 1 is 1.30 bits per heavy atom. The van der Waals surface area contributed by atoms with E-state index in [0.29, 0.717) is 5.92 Å². The smallest absolute Gasteiger partial charge is 0.133 e. The van der Waals surface area contributed by atoms with Gasteiger partial charge in [-0.3, -0.25) is 0 Å². The summed E-state index contributed by atoms with van der Waals surface area (Å²) >= 11 is 3.60. The molecule has 1 atom stereocenters. The Balaban J connectivity index is 2.03. The van der Waals surface area contributed by atoms with Crippen LogP contribution in [-0.4, -0.2) is 6.61 Å². The lowest BCUT2D eigenvalue weighted by molar-refractivity contribution is 0.256. The van der Waals surface area contributed by atoms with Gasteiger partial charge in [-0.05, 0) is 64.7 Å². The van der Waals surface area contributed by atoms with Crippen molar-refractivity contribution in [3.05, 3.63) is 28.2 Å². The van der Waals surface area contributed by atoms with Crippen LogP contribution in [0.4, 0.5) is 0 Å². The molecule has 20 heavy (non-hydrogen) atoms. The summed E-state index contributed by atoms with van der Waals surface area (Å²) < 4.78 is 6.71. The molecule has 1 aromatic rings. The van der Waals surface area contributed by atoms with E-state index in [1.807, 2.05) is 6.07 Å². The number of hydrogen-bond donors (Lipinski definition) is 1. The summed E-state index contributed by atoms with van der Waals surface area (Å²) in [5.41, 5.74) is 7.70. The quantitative estimate of drug-likeness (QED) is 0.813. The van der Waals surface area contributed by atoms with Crippen molar-refractivity contribution in [2.75, 3.05) is 6.61 Å². The zero-order chi connectivity index (χ0) is 14.5. The number of halogens is 1. The summed E-state index contributed by atoms with van der Waals surface area (Å²) in [6.07, 6.45) is 6.17. The van der Waals surface area contributed by atoms with E-state index in [4.69, 9.17) is 10.5 Å². The lowest BCUT2D eigenvalue weighted by Gasteiger charge is -2.31. The van der Waals surface area contributed by atoms with E-state index < -0.39 is 0 Å². The Bertz CT molecular complexity index is 427. The van der Waals surface area contributed by atoms with Crippen molar-refractivity contribution in [1.29, 1.82) is 0 Å². The fourth-order valence-electron chi connectivity index (χ4n) is 2.97. The molecule has 0 bridgehead atoms. The maximum absolute atomic E-state index is 6.47. The van der Waals surface area contributed by atoms with Crippen LogP contribution in [0.3, 0.4) is 0 Å². The molecular formula is C17H26BrNO. The number of ether oxygens (including phenoxy) is 1.